The van der Waals surface area contributed by atoms with Crippen LogP contribution >= 0.6 is 0 Å². The molecule has 1 heterocycles. The lowest BCUT2D eigenvalue weighted by Gasteiger charge is -2.32. The summed E-state index contributed by atoms with van der Waals surface area (Å²) in [5.74, 6) is -0.753. The number of halogens is 3. The summed E-state index contributed by atoms with van der Waals surface area (Å²) in [5, 5.41) is 2.63. The molecule has 3 rings (SSSR count). The van der Waals surface area contributed by atoms with Crippen molar-refractivity contribution in [2.24, 2.45) is 0 Å². The Hall–Kier alpha value is -2.52. The van der Waals surface area contributed by atoms with Crippen molar-refractivity contribution in [3.8, 4) is 5.75 Å². The molecule has 1 aliphatic heterocycles. The van der Waals surface area contributed by atoms with Crippen LogP contribution in [0.4, 0.5) is 18.9 Å². The van der Waals surface area contributed by atoms with E-state index in [-0.39, 0.29) is 5.75 Å². The van der Waals surface area contributed by atoms with Gasteiger partial charge in [0.15, 0.2) is 0 Å². The van der Waals surface area contributed by atoms with Gasteiger partial charge in [-0.3, -0.25) is 4.79 Å². The molecule has 1 aliphatic rings. The number of ether oxygens (including phenoxy) is 1. The maximum Gasteiger partial charge on any atom is 0.573 e. The van der Waals surface area contributed by atoms with Gasteiger partial charge in [-0.25, -0.2) is 0 Å². The zero-order valence-corrected chi connectivity index (χ0v) is 16.5. The Morgan fingerprint density at radius 1 is 0.931 bits per heavy atom. The molecule has 0 saturated carbocycles. The van der Waals surface area contributed by atoms with Crippen LogP contribution in [0.5, 0.6) is 5.75 Å². The molecule has 0 atom stereocenters. The Morgan fingerprint density at radius 2 is 1.45 bits per heavy atom. The normalized spacial score (nSPS) is 17.8. The zero-order chi connectivity index (χ0) is 21.4. The van der Waals surface area contributed by atoms with E-state index >= 15 is 0 Å². The standard InChI is InChI=1S/C20H21BF3NO4/c1-18(2)19(3,4)29-21(28-18)14-7-5-13(6-8-14)17(26)25-15-9-11-16(12-10-15)27-20(22,23)24/h5-12H,1-4H3,(H,25,26). The Bertz CT molecular complexity index is 864. The van der Waals surface area contributed by atoms with Crippen LogP contribution in [0.25, 0.3) is 0 Å². The number of anilines is 1. The van der Waals surface area contributed by atoms with Crippen molar-refractivity contribution in [1.82, 2.24) is 0 Å². The van der Waals surface area contributed by atoms with Crippen LogP contribution in [0.1, 0.15) is 38.1 Å². The van der Waals surface area contributed by atoms with E-state index in [4.69, 9.17) is 9.31 Å². The van der Waals surface area contributed by atoms with E-state index in [1.807, 2.05) is 27.7 Å². The maximum atomic E-state index is 12.4. The Balaban J connectivity index is 1.64. The van der Waals surface area contributed by atoms with Gasteiger partial charge < -0.3 is 19.4 Å². The molecule has 0 radical (unpaired) electrons. The predicted molar refractivity (Wildman–Crippen MR) is 103 cm³/mol. The van der Waals surface area contributed by atoms with E-state index in [9.17, 15) is 18.0 Å². The summed E-state index contributed by atoms with van der Waals surface area (Å²) >= 11 is 0. The first-order valence-corrected chi connectivity index (χ1v) is 8.99. The molecule has 1 N–H and O–H groups in total. The SMILES string of the molecule is CC1(C)OB(c2ccc(C(=O)Nc3ccc(OC(F)(F)F)cc3)cc2)OC1(C)C. The molecule has 5 nitrogen and oxygen atoms in total. The summed E-state index contributed by atoms with van der Waals surface area (Å²) in [7, 11) is -0.529. The zero-order valence-electron chi connectivity index (χ0n) is 16.5. The van der Waals surface area contributed by atoms with Crippen LogP contribution in [0.15, 0.2) is 48.5 Å². The average molecular weight is 407 g/mol. The second-order valence-corrected chi connectivity index (χ2v) is 7.74. The molecule has 2 aromatic carbocycles. The minimum Gasteiger partial charge on any atom is -0.406 e. The quantitative estimate of drug-likeness (QED) is 0.775. The monoisotopic (exact) mass is 407 g/mol. The van der Waals surface area contributed by atoms with Gasteiger partial charge in [-0.05, 0) is 69.6 Å². The number of alkyl halides is 3. The number of hydrogen-bond donors (Lipinski definition) is 1. The van der Waals surface area contributed by atoms with Gasteiger partial charge in [0.05, 0.1) is 11.2 Å². The van der Waals surface area contributed by atoms with E-state index in [1.54, 1.807) is 24.3 Å². The van der Waals surface area contributed by atoms with Gasteiger partial charge in [0.25, 0.3) is 5.91 Å². The summed E-state index contributed by atoms with van der Waals surface area (Å²) in [6.45, 7) is 7.83. The van der Waals surface area contributed by atoms with Crippen molar-refractivity contribution in [2.75, 3.05) is 5.32 Å². The van der Waals surface area contributed by atoms with Crippen molar-refractivity contribution in [3.05, 3.63) is 54.1 Å². The Labute approximate surface area is 167 Å². The number of amides is 1. The molecular weight excluding hydrogens is 386 g/mol. The first-order chi connectivity index (χ1) is 13.4. The molecule has 9 heteroatoms. The third-order valence-corrected chi connectivity index (χ3v) is 5.04. The van der Waals surface area contributed by atoms with Crippen LogP contribution in [0, 0.1) is 0 Å². The van der Waals surface area contributed by atoms with Crippen molar-refractivity contribution in [1.29, 1.82) is 0 Å². The summed E-state index contributed by atoms with van der Waals surface area (Å²) in [4.78, 5) is 12.4. The van der Waals surface area contributed by atoms with E-state index in [2.05, 4.69) is 10.1 Å². The number of nitrogens with one attached hydrogen (secondary N) is 1. The summed E-state index contributed by atoms with van der Waals surface area (Å²) in [6.07, 6.45) is -4.76. The molecule has 2 aromatic rings. The van der Waals surface area contributed by atoms with E-state index < -0.39 is 30.6 Å². The number of hydrogen-bond acceptors (Lipinski definition) is 4. The lowest BCUT2D eigenvalue weighted by atomic mass is 9.79. The molecule has 154 valence electrons. The van der Waals surface area contributed by atoms with Crippen molar-refractivity contribution in [2.45, 2.75) is 45.3 Å². The Kier molecular flexibility index (Phi) is 5.40. The van der Waals surface area contributed by atoms with Crippen LogP contribution in [0.3, 0.4) is 0 Å². The first kappa shape index (κ1) is 21.2. The second kappa shape index (κ2) is 7.38. The van der Waals surface area contributed by atoms with Crippen LogP contribution in [0.2, 0.25) is 0 Å². The molecule has 29 heavy (non-hydrogen) atoms. The van der Waals surface area contributed by atoms with Gasteiger partial charge in [0.2, 0.25) is 0 Å². The summed E-state index contributed by atoms with van der Waals surface area (Å²) in [5.41, 5.74) is 0.597. The molecule has 1 amide bonds. The van der Waals surface area contributed by atoms with Crippen molar-refractivity contribution >= 4 is 24.2 Å². The largest absolute Gasteiger partial charge is 0.573 e. The van der Waals surface area contributed by atoms with Gasteiger partial charge in [0, 0.05) is 11.3 Å². The van der Waals surface area contributed by atoms with Gasteiger partial charge in [-0.1, -0.05) is 12.1 Å². The first-order valence-electron chi connectivity index (χ1n) is 8.99. The second-order valence-electron chi connectivity index (χ2n) is 7.74. The number of carbonyl (C=O) groups is 1. The molecule has 1 fully saturated rings. The highest BCUT2D eigenvalue weighted by Crippen LogP contribution is 2.36. The maximum absolute atomic E-state index is 12.4. The third kappa shape index (κ3) is 4.91. The van der Waals surface area contributed by atoms with E-state index in [0.717, 1.165) is 17.6 Å². The fraction of sp³-hybridized carbons (Fsp3) is 0.350. The smallest absolute Gasteiger partial charge is 0.406 e. The molecule has 1 saturated heterocycles. The average Bonchev–Trinajstić information content (AvgIpc) is 2.83. The fourth-order valence-electron chi connectivity index (χ4n) is 2.71. The Morgan fingerprint density at radius 3 is 1.93 bits per heavy atom. The van der Waals surface area contributed by atoms with Crippen molar-refractivity contribution < 1.29 is 32.0 Å². The van der Waals surface area contributed by atoms with Crippen LogP contribution in [-0.2, 0) is 9.31 Å². The minimum atomic E-state index is -4.76. The molecular formula is C20H21BF3NO4. The van der Waals surface area contributed by atoms with E-state index in [0.29, 0.717) is 11.3 Å². The topological polar surface area (TPSA) is 56.8 Å². The molecule has 0 aromatic heterocycles. The van der Waals surface area contributed by atoms with Gasteiger partial charge in [-0.15, -0.1) is 13.2 Å². The summed E-state index contributed by atoms with van der Waals surface area (Å²) < 4.78 is 52.3. The van der Waals surface area contributed by atoms with Crippen molar-refractivity contribution in [3.63, 3.8) is 0 Å². The number of benzene rings is 2. The van der Waals surface area contributed by atoms with E-state index in [1.165, 1.54) is 12.1 Å². The lowest BCUT2D eigenvalue weighted by molar-refractivity contribution is -0.274. The van der Waals surface area contributed by atoms with Gasteiger partial charge >= 0.3 is 13.5 Å². The molecule has 0 bridgehead atoms. The highest BCUT2D eigenvalue weighted by atomic mass is 19.4. The van der Waals surface area contributed by atoms with Crippen LogP contribution in [-0.4, -0.2) is 30.6 Å². The molecule has 0 unspecified atom stereocenters. The van der Waals surface area contributed by atoms with Gasteiger partial charge in [0.1, 0.15) is 5.75 Å². The molecule has 0 spiro atoms. The fourth-order valence-corrected chi connectivity index (χ4v) is 2.71. The highest BCUT2D eigenvalue weighted by molar-refractivity contribution is 6.62. The molecule has 0 aliphatic carbocycles. The van der Waals surface area contributed by atoms with Gasteiger partial charge in [-0.2, -0.15) is 0 Å². The highest BCUT2D eigenvalue weighted by Gasteiger charge is 2.51. The van der Waals surface area contributed by atoms with Crippen LogP contribution < -0.4 is 15.5 Å². The number of rotatable bonds is 4. The minimum absolute atomic E-state index is 0.347. The summed E-state index contributed by atoms with van der Waals surface area (Å²) in [6, 6.07) is 11.7. The third-order valence-electron chi connectivity index (χ3n) is 5.04. The lowest BCUT2D eigenvalue weighted by Crippen LogP contribution is -2.41. The number of carbonyl (C=O) groups excluding carboxylic acids is 1. The predicted octanol–water partition coefficient (Wildman–Crippen LogP) is 4.14.